The van der Waals surface area contributed by atoms with E-state index in [0.717, 1.165) is 12.1 Å². The predicted molar refractivity (Wildman–Crippen MR) is 81.1 cm³/mol. The molecule has 0 aliphatic carbocycles. The summed E-state index contributed by atoms with van der Waals surface area (Å²) in [7, 11) is 0. The molecule has 1 amide bonds. The Hall–Kier alpha value is -1.35. The summed E-state index contributed by atoms with van der Waals surface area (Å²) >= 11 is 0. The van der Waals surface area contributed by atoms with Crippen LogP contribution in [0.2, 0.25) is 0 Å². The van der Waals surface area contributed by atoms with Gasteiger partial charge >= 0.3 is 0 Å². The highest BCUT2D eigenvalue weighted by atomic mass is 16.2. The normalized spacial score (nSPS) is 12.5. The first kappa shape index (κ1) is 15.7. The molecular weight excluding hydrogens is 236 g/mol. The van der Waals surface area contributed by atoms with Gasteiger partial charge in [-0.05, 0) is 36.5 Å². The van der Waals surface area contributed by atoms with Gasteiger partial charge in [-0.3, -0.25) is 4.79 Å². The van der Waals surface area contributed by atoms with Crippen LogP contribution >= 0.6 is 0 Å². The van der Waals surface area contributed by atoms with E-state index in [1.807, 2.05) is 26.0 Å². The van der Waals surface area contributed by atoms with Crippen LogP contribution in [0, 0.1) is 5.92 Å². The van der Waals surface area contributed by atoms with Crippen LogP contribution < -0.4 is 11.1 Å². The zero-order valence-corrected chi connectivity index (χ0v) is 12.3. The van der Waals surface area contributed by atoms with Crippen LogP contribution in [0.15, 0.2) is 24.3 Å². The van der Waals surface area contributed by atoms with Crippen LogP contribution in [0.1, 0.15) is 45.6 Å². The highest BCUT2D eigenvalue weighted by Gasteiger charge is 2.16. The molecule has 0 radical (unpaired) electrons. The first-order valence-corrected chi connectivity index (χ1v) is 7.20. The SMILES string of the molecule is CCCCCc1ccc(NC(=O)[C@H](N)C(C)C)cc1. The van der Waals surface area contributed by atoms with Gasteiger partial charge < -0.3 is 11.1 Å². The summed E-state index contributed by atoms with van der Waals surface area (Å²) in [5.41, 5.74) is 7.95. The highest BCUT2D eigenvalue weighted by Crippen LogP contribution is 2.13. The molecule has 1 rings (SSSR count). The van der Waals surface area contributed by atoms with Gasteiger partial charge in [0.05, 0.1) is 6.04 Å². The molecule has 0 saturated carbocycles. The molecule has 0 aliphatic rings. The fraction of sp³-hybridized carbons (Fsp3) is 0.562. The average molecular weight is 262 g/mol. The molecule has 0 bridgehead atoms. The van der Waals surface area contributed by atoms with E-state index in [1.165, 1.54) is 24.8 Å². The largest absolute Gasteiger partial charge is 0.325 e. The Balaban J connectivity index is 2.50. The van der Waals surface area contributed by atoms with Crippen molar-refractivity contribution >= 4 is 11.6 Å². The quantitative estimate of drug-likeness (QED) is 0.740. The van der Waals surface area contributed by atoms with Gasteiger partial charge in [-0.2, -0.15) is 0 Å². The monoisotopic (exact) mass is 262 g/mol. The lowest BCUT2D eigenvalue weighted by Gasteiger charge is -2.15. The molecule has 3 N–H and O–H groups in total. The van der Waals surface area contributed by atoms with Gasteiger partial charge in [0.1, 0.15) is 0 Å². The summed E-state index contributed by atoms with van der Waals surface area (Å²) in [6.07, 6.45) is 4.83. The lowest BCUT2D eigenvalue weighted by molar-refractivity contribution is -0.118. The van der Waals surface area contributed by atoms with Crippen LogP contribution in [-0.4, -0.2) is 11.9 Å². The Morgan fingerprint density at radius 3 is 2.37 bits per heavy atom. The van der Waals surface area contributed by atoms with E-state index in [9.17, 15) is 4.79 Å². The average Bonchev–Trinajstić information content (AvgIpc) is 2.40. The molecule has 0 spiro atoms. The Morgan fingerprint density at radius 1 is 1.21 bits per heavy atom. The minimum atomic E-state index is -0.454. The van der Waals surface area contributed by atoms with Gasteiger partial charge in [-0.15, -0.1) is 0 Å². The summed E-state index contributed by atoms with van der Waals surface area (Å²) in [5.74, 6) is 0.0297. The number of carbonyl (C=O) groups excluding carboxylic acids is 1. The fourth-order valence-corrected chi connectivity index (χ4v) is 1.86. The van der Waals surface area contributed by atoms with Crippen LogP contribution in [0.3, 0.4) is 0 Å². The Morgan fingerprint density at radius 2 is 1.84 bits per heavy atom. The lowest BCUT2D eigenvalue weighted by atomic mass is 10.0. The number of unbranched alkanes of at least 4 members (excludes halogenated alkanes) is 2. The van der Waals surface area contributed by atoms with E-state index in [1.54, 1.807) is 0 Å². The van der Waals surface area contributed by atoms with Gasteiger partial charge in [-0.1, -0.05) is 45.7 Å². The molecule has 106 valence electrons. The maximum Gasteiger partial charge on any atom is 0.241 e. The first-order chi connectivity index (χ1) is 9.04. The van der Waals surface area contributed by atoms with E-state index in [-0.39, 0.29) is 11.8 Å². The third-order valence-electron chi connectivity index (χ3n) is 3.31. The van der Waals surface area contributed by atoms with Crippen LogP contribution in [0.25, 0.3) is 0 Å². The van der Waals surface area contributed by atoms with E-state index in [0.29, 0.717) is 0 Å². The smallest absolute Gasteiger partial charge is 0.241 e. The number of anilines is 1. The van der Waals surface area contributed by atoms with Gasteiger partial charge in [0.15, 0.2) is 0 Å². The maximum absolute atomic E-state index is 11.8. The zero-order valence-electron chi connectivity index (χ0n) is 12.3. The van der Waals surface area contributed by atoms with Crippen molar-refractivity contribution in [2.75, 3.05) is 5.32 Å². The second kappa shape index (κ2) is 7.95. The number of hydrogen-bond acceptors (Lipinski definition) is 2. The standard InChI is InChI=1S/C16H26N2O/c1-4-5-6-7-13-8-10-14(11-9-13)18-16(19)15(17)12(2)3/h8-12,15H,4-7,17H2,1-3H3,(H,18,19)/t15-/m1/s1. The van der Waals surface area contributed by atoms with Gasteiger partial charge in [-0.25, -0.2) is 0 Å². The first-order valence-electron chi connectivity index (χ1n) is 7.20. The van der Waals surface area contributed by atoms with Crippen molar-refractivity contribution in [3.8, 4) is 0 Å². The Bertz CT molecular complexity index is 384. The maximum atomic E-state index is 11.8. The number of rotatable bonds is 7. The molecule has 0 saturated heterocycles. The highest BCUT2D eigenvalue weighted by molar-refractivity contribution is 5.94. The van der Waals surface area contributed by atoms with Crippen molar-refractivity contribution in [2.24, 2.45) is 11.7 Å². The second-order valence-electron chi connectivity index (χ2n) is 5.41. The molecular formula is C16H26N2O. The number of benzene rings is 1. The zero-order chi connectivity index (χ0) is 14.3. The Labute approximate surface area is 116 Å². The molecule has 0 aromatic heterocycles. The molecule has 0 heterocycles. The lowest BCUT2D eigenvalue weighted by Crippen LogP contribution is -2.39. The van der Waals surface area contributed by atoms with Crippen molar-refractivity contribution in [1.82, 2.24) is 0 Å². The summed E-state index contributed by atoms with van der Waals surface area (Å²) in [5, 5.41) is 2.85. The third kappa shape index (κ3) is 5.43. The van der Waals surface area contributed by atoms with Crippen LogP contribution in [0.5, 0.6) is 0 Å². The van der Waals surface area contributed by atoms with Crippen molar-refractivity contribution in [3.05, 3.63) is 29.8 Å². The fourth-order valence-electron chi connectivity index (χ4n) is 1.86. The minimum Gasteiger partial charge on any atom is -0.325 e. The molecule has 0 fully saturated rings. The van der Waals surface area contributed by atoms with E-state index in [2.05, 4.69) is 24.4 Å². The number of amides is 1. The van der Waals surface area contributed by atoms with E-state index in [4.69, 9.17) is 5.73 Å². The van der Waals surface area contributed by atoms with Crippen molar-refractivity contribution in [1.29, 1.82) is 0 Å². The minimum absolute atomic E-state index is 0.117. The molecule has 3 heteroatoms. The Kier molecular flexibility index (Phi) is 6.57. The van der Waals surface area contributed by atoms with Crippen molar-refractivity contribution < 1.29 is 4.79 Å². The number of nitrogens with one attached hydrogen (secondary N) is 1. The summed E-state index contributed by atoms with van der Waals surface area (Å²) < 4.78 is 0. The second-order valence-corrected chi connectivity index (χ2v) is 5.41. The van der Waals surface area contributed by atoms with Gasteiger partial charge in [0.2, 0.25) is 5.91 Å². The van der Waals surface area contributed by atoms with Gasteiger partial charge in [0.25, 0.3) is 0 Å². The number of nitrogens with two attached hydrogens (primary N) is 1. The number of carbonyl (C=O) groups is 1. The van der Waals surface area contributed by atoms with Crippen molar-refractivity contribution in [3.63, 3.8) is 0 Å². The molecule has 19 heavy (non-hydrogen) atoms. The number of hydrogen-bond donors (Lipinski definition) is 2. The number of aryl methyl sites for hydroxylation is 1. The van der Waals surface area contributed by atoms with E-state index >= 15 is 0 Å². The van der Waals surface area contributed by atoms with Crippen LogP contribution in [-0.2, 0) is 11.2 Å². The molecule has 0 aliphatic heterocycles. The molecule has 1 atom stereocenters. The van der Waals surface area contributed by atoms with Crippen LogP contribution in [0.4, 0.5) is 5.69 Å². The third-order valence-corrected chi connectivity index (χ3v) is 3.31. The van der Waals surface area contributed by atoms with Gasteiger partial charge in [0, 0.05) is 5.69 Å². The molecule has 1 aromatic rings. The van der Waals surface area contributed by atoms with Crippen molar-refractivity contribution in [2.45, 2.75) is 52.5 Å². The summed E-state index contributed by atoms with van der Waals surface area (Å²) in [4.78, 5) is 11.8. The molecule has 0 unspecified atom stereocenters. The summed E-state index contributed by atoms with van der Waals surface area (Å²) in [6.45, 7) is 6.10. The van der Waals surface area contributed by atoms with E-state index < -0.39 is 6.04 Å². The summed E-state index contributed by atoms with van der Waals surface area (Å²) in [6, 6.07) is 7.60. The predicted octanol–water partition coefficient (Wildman–Crippen LogP) is 3.34. The molecule has 3 nitrogen and oxygen atoms in total. The topological polar surface area (TPSA) is 55.1 Å². The molecule has 1 aromatic carbocycles.